The molecule has 1 aliphatic rings. The largest absolute Gasteiger partial charge is 0.354 e. The van der Waals surface area contributed by atoms with E-state index in [1.165, 1.54) is 36.1 Å². The summed E-state index contributed by atoms with van der Waals surface area (Å²) in [5.41, 5.74) is 3.74. The van der Waals surface area contributed by atoms with Gasteiger partial charge in [-0.05, 0) is 80.8 Å². The van der Waals surface area contributed by atoms with Gasteiger partial charge in [-0.25, -0.2) is 4.39 Å². The standard InChI is InChI=1S/C23H38N4O2.C7H7F.2C3H8/c1-3-9-21-23(29)25-15-8-13-19-11-6-5-10-18(19)12-7-14-24-16-20(4-2)26-17-22(28)27-21;1-6-3-2-4-7(8)5-6;2*1-3-2/h5-6,10-11,20-21,24,26H,3-4,7-9,12-17H2,1-2H3,(H,25,29)(H,27,28);2-5H,1H3;2*3H2,1-2H3. The Morgan fingerprint density at radius 1 is 0.837 bits per heavy atom. The monoisotopic (exact) mass is 600 g/mol. The van der Waals surface area contributed by atoms with Crippen LogP contribution in [0.3, 0.4) is 0 Å². The number of hydrogen-bond acceptors (Lipinski definition) is 4. The first kappa shape index (κ1) is 40.2. The molecule has 2 amide bonds. The zero-order valence-corrected chi connectivity index (χ0v) is 28.2. The van der Waals surface area contributed by atoms with Crippen LogP contribution in [0.15, 0.2) is 48.5 Å². The maximum absolute atomic E-state index is 12.6. The summed E-state index contributed by atoms with van der Waals surface area (Å²) in [6.45, 7) is 17.2. The van der Waals surface area contributed by atoms with Gasteiger partial charge in [0, 0.05) is 19.1 Å². The van der Waals surface area contributed by atoms with Gasteiger partial charge in [-0.1, -0.05) is 97.2 Å². The Bertz CT molecular complexity index is 966. The lowest BCUT2D eigenvalue weighted by atomic mass is 9.99. The van der Waals surface area contributed by atoms with E-state index >= 15 is 0 Å². The van der Waals surface area contributed by atoms with Crippen molar-refractivity contribution in [2.24, 2.45) is 0 Å². The van der Waals surface area contributed by atoms with Crippen LogP contribution in [-0.2, 0) is 22.4 Å². The van der Waals surface area contributed by atoms with Crippen LogP contribution in [0.1, 0.15) is 103 Å². The quantitative estimate of drug-likeness (QED) is 0.309. The lowest BCUT2D eigenvalue weighted by Gasteiger charge is -2.21. The van der Waals surface area contributed by atoms with Gasteiger partial charge in [0.2, 0.25) is 11.8 Å². The number of amides is 2. The van der Waals surface area contributed by atoms with E-state index in [0.717, 1.165) is 57.2 Å². The lowest BCUT2D eigenvalue weighted by Crippen LogP contribution is -2.50. The molecule has 1 aliphatic heterocycles. The number of aryl methyl sites for hydroxylation is 3. The summed E-state index contributed by atoms with van der Waals surface area (Å²) >= 11 is 0. The van der Waals surface area contributed by atoms with Crippen molar-refractivity contribution < 1.29 is 14.0 Å². The average Bonchev–Trinajstić information content (AvgIpc) is 2.97. The van der Waals surface area contributed by atoms with E-state index in [-0.39, 0.29) is 30.2 Å². The zero-order valence-electron chi connectivity index (χ0n) is 28.2. The van der Waals surface area contributed by atoms with Crippen LogP contribution in [0.4, 0.5) is 4.39 Å². The van der Waals surface area contributed by atoms with E-state index in [4.69, 9.17) is 0 Å². The molecule has 244 valence electrons. The van der Waals surface area contributed by atoms with Gasteiger partial charge in [0.05, 0.1) is 6.54 Å². The summed E-state index contributed by atoms with van der Waals surface area (Å²) in [6, 6.07) is 14.9. The molecule has 2 unspecified atom stereocenters. The minimum atomic E-state index is -0.460. The van der Waals surface area contributed by atoms with Gasteiger partial charge in [0.15, 0.2) is 0 Å². The van der Waals surface area contributed by atoms with Gasteiger partial charge >= 0.3 is 0 Å². The Kier molecular flexibility index (Phi) is 25.1. The normalized spacial score (nSPS) is 18.2. The van der Waals surface area contributed by atoms with Crippen LogP contribution >= 0.6 is 0 Å². The van der Waals surface area contributed by atoms with Crippen molar-refractivity contribution in [1.29, 1.82) is 0 Å². The van der Waals surface area contributed by atoms with Crippen molar-refractivity contribution in [3.8, 4) is 0 Å². The van der Waals surface area contributed by atoms with Gasteiger partial charge in [0.1, 0.15) is 11.9 Å². The SMILES string of the molecule is CCC.CCC.CCCC1NC(=O)CNC(CC)CNCCCc2ccccc2CCCNC1=O.Cc1cccc(F)c1. The smallest absolute Gasteiger partial charge is 0.242 e. The molecule has 1 heterocycles. The third-order valence-electron chi connectivity index (χ3n) is 6.48. The molecule has 0 fully saturated rings. The molecule has 0 saturated carbocycles. The molecule has 0 aromatic heterocycles. The first-order chi connectivity index (χ1) is 20.8. The van der Waals surface area contributed by atoms with E-state index in [2.05, 4.69) is 80.2 Å². The van der Waals surface area contributed by atoms with E-state index in [9.17, 15) is 14.0 Å². The molecule has 43 heavy (non-hydrogen) atoms. The number of halogens is 1. The Morgan fingerprint density at radius 3 is 1.95 bits per heavy atom. The molecule has 7 heteroatoms. The molecule has 4 N–H and O–H groups in total. The highest BCUT2D eigenvalue weighted by Gasteiger charge is 2.20. The van der Waals surface area contributed by atoms with Gasteiger partial charge in [-0.15, -0.1) is 0 Å². The Labute approximate surface area is 262 Å². The van der Waals surface area contributed by atoms with E-state index in [0.29, 0.717) is 13.0 Å². The van der Waals surface area contributed by atoms with Crippen LogP contribution in [0, 0.1) is 12.7 Å². The molecule has 0 aliphatic carbocycles. The van der Waals surface area contributed by atoms with Gasteiger partial charge < -0.3 is 21.3 Å². The Hall–Kier alpha value is -2.77. The Morgan fingerprint density at radius 2 is 1.44 bits per heavy atom. The predicted octanol–water partition coefficient (Wildman–Crippen LogP) is 6.89. The van der Waals surface area contributed by atoms with Gasteiger partial charge in [0.25, 0.3) is 0 Å². The Balaban J connectivity index is 0.00000104. The fraction of sp³-hybridized carbons (Fsp3) is 0.611. The first-order valence-electron chi connectivity index (χ1n) is 16.6. The van der Waals surface area contributed by atoms with Crippen molar-refractivity contribution >= 4 is 11.8 Å². The van der Waals surface area contributed by atoms with Crippen molar-refractivity contribution in [3.05, 3.63) is 71.0 Å². The van der Waals surface area contributed by atoms with Gasteiger partial charge in [-0.2, -0.15) is 0 Å². The van der Waals surface area contributed by atoms with E-state index in [1.54, 1.807) is 6.07 Å². The van der Waals surface area contributed by atoms with Crippen LogP contribution in [0.5, 0.6) is 0 Å². The number of rotatable bonds is 3. The number of hydrogen-bond donors (Lipinski definition) is 4. The average molecular weight is 601 g/mol. The summed E-state index contributed by atoms with van der Waals surface area (Å²) in [6.07, 6.45) is 8.94. The summed E-state index contributed by atoms with van der Waals surface area (Å²) in [4.78, 5) is 24.9. The molecule has 6 nitrogen and oxygen atoms in total. The minimum Gasteiger partial charge on any atom is -0.354 e. The third-order valence-corrected chi connectivity index (χ3v) is 6.48. The zero-order chi connectivity index (χ0) is 32.3. The molecular formula is C36H61FN4O2. The maximum atomic E-state index is 12.6. The fourth-order valence-electron chi connectivity index (χ4n) is 4.35. The van der Waals surface area contributed by atoms with E-state index < -0.39 is 6.04 Å². The predicted molar refractivity (Wildman–Crippen MR) is 181 cm³/mol. The molecular weight excluding hydrogens is 539 g/mol. The summed E-state index contributed by atoms with van der Waals surface area (Å²) in [7, 11) is 0. The lowest BCUT2D eigenvalue weighted by molar-refractivity contribution is -0.128. The number of benzene rings is 2. The third kappa shape index (κ3) is 20.7. The summed E-state index contributed by atoms with van der Waals surface area (Å²) < 4.78 is 12.2. The second-order valence-corrected chi connectivity index (χ2v) is 11.1. The van der Waals surface area contributed by atoms with E-state index in [1.807, 2.05) is 19.9 Å². The summed E-state index contributed by atoms with van der Waals surface area (Å²) in [5, 5.41) is 12.7. The fourth-order valence-corrected chi connectivity index (χ4v) is 4.35. The van der Waals surface area contributed by atoms with Crippen LogP contribution in [-0.4, -0.2) is 50.1 Å². The highest BCUT2D eigenvalue weighted by Crippen LogP contribution is 2.13. The number of nitrogens with one attached hydrogen (secondary N) is 4. The highest BCUT2D eigenvalue weighted by atomic mass is 19.1. The van der Waals surface area contributed by atoms with Crippen molar-refractivity contribution in [1.82, 2.24) is 21.3 Å². The summed E-state index contributed by atoms with van der Waals surface area (Å²) in [5.74, 6) is -0.361. The molecule has 0 saturated heterocycles. The topological polar surface area (TPSA) is 82.3 Å². The highest BCUT2D eigenvalue weighted by molar-refractivity contribution is 5.88. The van der Waals surface area contributed by atoms with Crippen LogP contribution in [0.25, 0.3) is 0 Å². The van der Waals surface area contributed by atoms with Gasteiger partial charge in [-0.3, -0.25) is 9.59 Å². The molecule has 0 bridgehead atoms. The molecule has 3 rings (SSSR count). The molecule has 0 spiro atoms. The van der Waals surface area contributed by atoms with Crippen LogP contribution < -0.4 is 21.3 Å². The second kappa shape index (κ2) is 26.8. The molecule has 0 radical (unpaired) electrons. The number of carbonyl (C=O) groups excluding carboxylic acids is 2. The first-order valence-corrected chi connectivity index (χ1v) is 16.6. The molecule has 2 aromatic carbocycles. The number of fused-ring (bicyclic) bond motifs is 1. The van der Waals surface area contributed by atoms with Crippen molar-refractivity contribution in [3.63, 3.8) is 0 Å². The van der Waals surface area contributed by atoms with Crippen molar-refractivity contribution in [2.45, 2.75) is 118 Å². The second-order valence-electron chi connectivity index (χ2n) is 11.1. The van der Waals surface area contributed by atoms with Crippen molar-refractivity contribution in [2.75, 3.05) is 26.2 Å². The van der Waals surface area contributed by atoms with Crippen LogP contribution in [0.2, 0.25) is 0 Å². The molecule has 2 aromatic rings. The number of carbonyl (C=O) groups is 2. The minimum absolute atomic E-state index is 0.0803. The maximum Gasteiger partial charge on any atom is 0.242 e. The molecule has 2 atom stereocenters.